The van der Waals surface area contributed by atoms with Crippen LogP contribution in [0.1, 0.15) is 56.6 Å². The highest BCUT2D eigenvalue weighted by atomic mass is 15.2. The van der Waals surface area contributed by atoms with Gasteiger partial charge in [0.15, 0.2) is 5.82 Å². The van der Waals surface area contributed by atoms with Gasteiger partial charge >= 0.3 is 0 Å². The maximum atomic E-state index is 4.76. The van der Waals surface area contributed by atoms with Crippen LogP contribution in [0.25, 0.3) is 0 Å². The number of likely N-dealkylation sites (tertiary alicyclic amines) is 1. The normalized spacial score (nSPS) is 22.2. The highest BCUT2D eigenvalue weighted by molar-refractivity contribution is 5.45. The predicted octanol–water partition coefficient (Wildman–Crippen LogP) is 3.77. The summed E-state index contributed by atoms with van der Waals surface area (Å²) in [6.45, 7) is 3.63. The topological polar surface area (TPSA) is 66.8 Å². The molecule has 6 heteroatoms. The Morgan fingerprint density at radius 1 is 1.00 bits per heavy atom. The fourth-order valence-electron chi connectivity index (χ4n) is 4.34. The molecule has 0 bridgehead atoms. The van der Waals surface area contributed by atoms with E-state index in [0.29, 0.717) is 17.7 Å². The van der Waals surface area contributed by atoms with E-state index in [2.05, 4.69) is 31.2 Å². The molecule has 0 amide bonds. The molecule has 0 aromatic carbocycles. The predicted molar refractivity (Wildman–Crippen MR) is 102 cm³/mol. The number of nitrogens with zero attached hydrogens (tertiary/aromatic N) is 5. The summed E-state index contributed by atoms with van der Waals surface area (Å²) in [5, 5.41) is 3.15. The first-order valence-corrected chi connectivity index (χ1v) is 9.95. The van der Waals surface area contributed by atoms with Crippen molar-refractivity contribution in [2.45, 2.75) is 50.9 Å². The Bertz CT molecular complexity index is 686. The largest absolute Gasteiger partial charge is 0.307 e. The molecule has 26 heavy (non-hydrogen) atoms. The molecule has 6 nitrogen and oxygen atoms in total. The van der Waals surface area contributed by atoms with Crippen LogP contribution in [0.15, 0.2) is 30.9 Å². The zero-order chi connectivity index (χ0) is 17.6. The number of aromatic nitrogens is 4. The van der Waals surface area contributed by atoms with Crippen LogP contribution in [0.2, 0.25) is 0 Å². The summed E-state index contributed by atoms with van der Waals surface area (Å²) in [6.07, 6.45) is 16.4. The molecule has 2 aromatic heterocycles. The van der Waals surface area contributed by atoms with Crippen LogP contribution in [0.4, 0.5) is 11.8 Å². The Morgan fingerprint density at radius 3 is 2.77 bits per heavy atom. The molecule has 1 N–H and O–H groups in total. The van der Waals surface area contributed by atoms with E-state index in [-0.39, 0.29) is 0 Å². The van der Waals surface area contributed by atoms with Gasteiger partial charge in [0.25, 0.3) is 0 Å². The Hall–Kier alpha value is -2.08. The van der Waals surface area contributed by atoms with E-state index in [1.807, 2.05) is 6.20 Å². The number of rotatable bonds is 5. The minimum Gasteiger partial charge on any atom is -0.307 e. The third-order valence-corrected chi connectivity index (χ3v) is 5.65. The maximum Gasteiger partial charge on any atom is 0.228 e. The van der Waals surface area contributed by atoms with Gasteiger partial charge in [0.05, 0.1) is 11.9 Å². The molecule has 4 rings (SSSR count). The minimum atomic E-state index is 0.498. The zero-order valence-corrected chi connectivity index (χ0v) is 15.3. The molecule has 3 heterocycles. The van der Waals surface area contributed by atoms with Crippen LogP contribution in [-0.4, -0.2) is 44.5 Å². The van der Waals surface area contributed by atoms with Crippen LogP contribution in [0.5, 0.6) is 0 Å². The first-order valence-electron chi connectivity index (χ1n) is 9.95. The summed E-state index contributed by atoms with van der Waals surface area (Å²) in [5.41, 5.74) is 1.14. The number of hydrogen-bond donors (Lipinski definition) is 1. The lowest BCUT2D eigenvalue weighted by molar-refractivity contribution is 0.159. The fraction of sp³-hybridized carbons (Fsp3) is 0.600. The van der Waals surface area contributed by atoms with Crippen molar-refractivity contribution < 1.29 is 0 Å². The van der Waals surface area contributed by atoms with Gasteiger partial charge in [0, 0.05) is 37.6 Å². The van der Waals surface area contributed by atoms with E-state index < -0.39 is 0 Å². The quantitative estimate of drug-likeness (QED) is 0.883. The molecular formula is C20H28N6. The van der Waals surface area contributed by atoms with E-state index in [1.54, 1.807) is 18.6 Å². The molecule has 138 valence electrons. The van der Waals surface area contributed by atoms with E-state index in [1.165, 1.54) is 58.0 Å². The molecule has 2 fully saturated rings. The summed E-state index contributed by atoms with van der Waals surface area (Å²) < 4.78 is 0. The zero-order valence-electron chi connectivity index (χ0n) is 15.3. The van der Waals surface area contributed by atoms with Gasteiger partial charge < -0.3 is 10.2 Å². The van der Waals surface area contributed by atoms with Gasteiger partial charge in [-0.2, -0.15) is 0 Å². The molecule has 0 spiro atoms. The first kappa shape index (κ1) is 17.3. The summed E-state index contributed by atoms with van der Waals surface area (Å²) in [5.74, 6) is 2.68. The van der Waals surface area contributed by atoms with Crippen LogP contribution in [0.3, 0.4) is 0 Å². The smallest absolute Gasteiger partial charge is 0.228 e. The second-order valence-corrected chi connectivity index (χ2v) is 7.62. The number of nitrogens with one attached hydrogen (secondary N) is 1. The lowest BCUT2D eigenvalue weighted by atomic mass is 9.87. The Balaban J connectivity index is 1.39. The lowest BCUT2D eigenvalue weighted by Crippen LogP contribution is -2.38. The average Bonchev–Trinajstić information content (AvgIpc) is 2.70. The van der Waals surface area contributed by atoms with E-state index in [0.717, 1.165) is 18.2 Å². The van der Waals surface area contributed by atoms with Crippen LogP contribution in [-0.2, 0) is 0 Å². The SMILES string of the molecule is c1cnc(Nc2nccc(C3CCCN(CC4CCCCC4)C3)n2)cn1. The number of anilines is 2. The van der Waals surface area contributed by atoms with E-state index in [9.17, 15) is 0 Å². The van der Waals surface area contributed by atoms with Gasteiger partial charge in [-0.25, -0.2) is 15.0 Å². The van der Waals surface area contributed by atoms with Crippen LogP contribution >= 0.6 is 0 Å². The van der Waals surface area contributed by atoms with Crippen LogP contribution in [0, 0.1) is 5.92 Å². The third kappa shape index (κ3) is 4.55. The highest BCUT2D eigenvalue weighted by Gasteiger charge is 2.25. The van der Waals surface area contributed by atoms with Crippen molar-refractivity contribution >= 4 is 11.8 Å². The third-order valence-electron chi connectivity index (χ3n) is 5.65. The Morgan fingerprint density at radius 2 is 1.92 bits per heavy atom. The maximum absolute atomic E-state index is 4.76. The van der Waals surface area contributed by atoms with Crippen molar-refractivity contribution in [1.29, 1.82) is 0 Å². The average molecular weight is 352 g/mol. The molecule has 1 saturated heterocycles. The molecule has 1 saturated carbocycles. The van der Waals surface area contributed by atoms with E-state index in [4.69, 9.17) is 4.98 Å². The molecular weight excluding hydrogens is 324 g/mol. The molecule has 1 aliphatic heterocycles. The molecule has 0 radical (unpaired) electrons. The first-order chi connectivity index (χ1) is 12.9. The van der Waals surface area contributed by atoms with Crippen LogP contribution < -0.4 is 5.32 Å². The minimum absolute atomic E-state index is 0.498. The standard InChI is InChI=1S/C20H28N6/c1-2-5-16(6-3-1)14-26-12-4-7-17(15-26)18-8-9-23-20(24-18)25-19-13-21-10-11-22-19/h8-11,13,16-17H,1-7,12,14-15H2,(H,22,23,24,25). The monoisotopic (exact) mass is 352 g/mol. The summed E-state index contributed by atoms with van der Waals surface area (Å²) in [6, 6.07) is 2.07. The molecule has 2 aliphatic rings. The lowest BCUT2D eigenvalue weighted by Gasteiger charge is -2.35. The molecule has 1 atom stereocenters. The van der Waals surface area contributed by atoms with Gasteiger partial charge in [-0.3, -0.25) is 4.98 Å². The molecule has 1 unspecified atom stereocenters. The van der Waals surface area contributed by atoms with Crippen molar-refractivity contribution in [1.82, 2.24) is 24.8 Å². The number of piperidine rings is 1. The highest BCUT2D eigenvalue weighted by Crippen LogP contribution is 2.29. The van der Waals surface area contributed by atoms with Crippen molar-refractivity contribution in [3.05, 3.63) is 36.5 Å². The van der Waals surface area contributed by atoms with Crippen molar-refractivity contribution in [2.75, 3.05) is 25.0 Å². The van der Waals surface area contributed by atoms with Gasteiger partial charge in [-0.15, -0.1) is 0 Å². The van der Waals surface area contributed by atoms with Crippen molar-refractivity contribution in [3.63, 3.8) is 0 Å². The second-order valence-electron chi connectivity index (χ2n) is 7.62. The van der Waals surface area contributed by atoms with Crippen molar-refractivity contribution in [2.24, 2.45) is 5.92 Å². The van der Waals surface area contributed by atoms with Gasteiger partial charge in [-0.05, 0) is 44.2 Å². The Labute approximate surface area is 155 Å². The fourth-order valence-corrected chi connectivity index (χ4v) is 4.34. The Kier molecular flexibility index (Phi) is 5.69. The van der Waals surface area contributed by atoms with Crippen molar-refractivity contribution in [3.8, 4) is 0 Å². The van der Waals surface area contributed by atoms with Gasteiger partial charge in [0.1, 0.15) is 0 Å². The van der Waals surface area contributed by atoms with Gasteiger partial charge in [-0.1, -0.05) is 19.3 Å². The summed E-state index contributed by atoms with van der Waals surface area (Å²) in [4.78, 5) is 20.1. The summed E-state index contributed by atoms with van der Waals surface area (Å²) >= 11 is 0. The second kappa shape index (κ2) is 8.54. The van der Waals surface area contributed by atoms with Gasteiger partial charge in [0.2, 0.25) is 5.95 Å². The molecule has 2 aromatic rings. The summed E-state index contributed by atoms with van der Waals surface area (Å²) in [7, 11) is 0. The van der Waals surface area contributed by atoms with E-state index >= 15 is 0 Å². The number of hydrogen-bond acceptors (Lipinski definition) is 6. The molecule has 1 aliphatic carbocycles.